The van der Waals surface area contributed by atoms with E-state index >= 15 is 0 Å². The molecule has 2 aliphatic rings. The Morgan fingerprint density at radius 1 is 1.11 bits per heavy atom. The first-order chi connectivity index (χ1) is 13.3. The van der Waals surface area contributed by atoms with E-state index in [1.165, 1.54) is 5.56 Å². The second-order valence-corrected chi connectivity index (χ2v) is 7.32. The molecule has 1 amide bonds. The number of hydrogen-bond acceptors (Lipinski definition) is 3. The number of amides is 1. The molecule has 1 saturated heterocycles. The number of fused-ring (bicyclic) bond motifs is 2. The lowest BCUT2D eigenvalue weighted by atomic mass is 10.0. The van der Waals surface area contributed by atoms with Crippen LogP contribution in [0.4, 0.5) is 5.69 Å². The quantitative estimate of drug-likeness (QED) is 0.711. The molecular formula is C22H23N3O2. The van der Waals surface area contributed by atoms with Crippen molar-refractivity contribution in [2.24, 2.45) is 0 Å². The molecule has 0 bridgehead atoms. The van der Waals surface area contributed by atoms with Crippen LogP contribution in [0.25, 0.3) is 11.0 Å². The van der Waals surface area contributed by atoms with E-state index in [0.717, 1.165) is 61.4 Å². The number of nitrogens with zero attached hydrogens (tertiary/aromatic N) is 3. The van der Waals surface area contributed by atoms with Gasteiger partial charge in [-0.2, -0.15) is 0 Å². The number of ether oxygens (including phenoxy) is 1. The fourth-order valence-electron chi connectivity index (χ4n) is 4.30. The summed E-state index contributed by atoms with van der Waals surface area (Å²) >= 11 is 0. The Morgan fingerprint density at radius 2 is 1.96 bits per heavy atom. The van der Waals surface area contributed by atoms with E-state index in [2.05, 4.69) is 16.7 Å². The minimum Gasteiger partial charge on any atom is -0.370 e. The monoisotopic (exact) mass is 361 g/mol. The van der Waals surface area contributed by atoms with Crippen molar-refractivity contribution in [1.82, 2.24) is 9.55 Å². The molecule has 3 aromatic rings. The molecule has 2 aromatic carbocycles. The van der Waals surface area contributed by atoms with Crippen LogP contribution in [0.2, 0.25) is 0 Å². The Hall–Kier alpha value is -2.66. The van der Waals surface area contributed by atoms with Gasteiger partial charge in [0.25, 0.3) is 0 Å². The highest BCUT2D eigenvalue weighted by Gasteiger charge is 2.28. The van der Waals surface area contributed by atoms with Crippen LogP contribution >= 0.6 is 0 Å². The first kappa shape index (κ1) is 16.5. The third kappa shape index (κ3) is 2.92. The molecule has 0 saturated carbocycles. The van der Waals surface area contributed by atoms with Crippen LogP contribution in [0.1, 0.15) is 36.8 Å². The van der Waals surface area contributed by atoms with Gasteiger partial charge in [0, 0.05) is 18.8 Å². The van der Waals surface area contributed by atoms with Gasteiger partial charge >= 0.3 is 0 Å². The first-order valence-corrected chi connectivity index (χ1v) is 9.76. The lowest BCUT2D eigenvalue weighted by Gasteiger charge is -2.30. The minimum absolute atomic E-state index is 0.0150. The number of aryl methyl sites for hydroxylation is 1. The standard InChI is InChI=1S/C22H23N3O2/c26-21(24-13-5-8-16-7-1-3-10-18(16)24)15-25-19-11-4-2-9-17(19)23-22(25)20-12-6-14-27-20/h1-4,7,9-11,20H,5-6,8,12-15H2. The number of anilines is 1. The van der Waals surface area contributed by atoms with E-state index in [9.17, 15) is 4.79 Å². The van der Waals surface area contributed by atoms with Gasteiger partial charge in [0.05, 0.1) is 11.0 Å². The zero-order chi connectivity index (χ0) is 18.2. The molecule has 27 heavy (non-hydrogen) atoms. The molecule has 5 rings (SSSR count). The third-order valence-corrected chi connectivity index (χ3v) is 5.61. The summed E-state index contributed by atoms with van der Waals surface area (Å²) in [6, 6.07) is 16.3. The van der Waals surface area contributed by atoms with E-state index in [1.807, 2.05) is 41.3 Å². The fourth-order valence-corrected chi connectivity index (χ4v) is 4.30. The molecule has 5 nitrogen and oxygen atoms in total. The third-order valence-electron chi connectivity index (χ3n) is 5.61. The second kappa shape index (κ2) is 6.82. The van der Waals surface area contributed by atoms with Crippen molar-refractivity contribution < 1.29 is 9.53 Å². The summed E-state index contributed by atoms with van der Waals surface area (Å²) in [5, 5.41) is 0. The van der Waals surface area contributed by atoms with Gasteiger partial charge in [-0.05, 0) is 49.4 Å². The van der Waals surface area contributed by atoms with Crippen LogP contribution in [-0.2, 0) is 22.5 Å². The molecule has 5 heteroatoms. The molecule has 1 atom stereocenters. The Morgan fingerprint density at radius 3 is 2.85 bits per heavy atom. The van der Waals surface area contributed by atoms with E-state index < -0.39 is 0 Å². The number of carbonyl (C=O) groups excluding carboxylic acids is 1. The second-order valence-electron chi connectivity index (χ2n) is 7.32. The number of para-hydroxylation sites is 3. The number of carbonyl (C=O) groups is 1. The topological polar surface area (TPSA) is 47.4 Å². The number of aromatic nitrogens is 2. The maximum Gasteiger partial charge on any atom is 0.246 e. The van der Waals surface area contributed by atoms with Gasteiger partial charge in [-0.15, -0.1) is 0 Å². The van der Waals surface area contributed by atoms with Gasteiger partial charge in [0.1, 0.15) is 18.5 Å². The van der Waals surface area contributed by atoms with Crippen molar-refractivity contribution in [3.8, 4) is 0 Å². The Labute approximate surface area is 158 Å². The van der Waals surface area contributed by atoms with E-state index in [4.69, 9.17) is 9.72 Å². The van der Waals surface area contributed by atoms with Crippen LogP contribution in [0.5, 0.6) is 0 Å². The zero-order valence-electron chi connectivity index (χ0n) is 15.3. The molecule has 0 N–H and O–H groups in total. The van der Waals surface area contributed by atoms with Gasteiger partial charge in [0.2, 0.25) is 5.91 Å². The molecule has 1 aromatic heterocycles. The summed E-state index contributed by atoms with van der Waals surface area (Å²) in [6.07, 6.45) is 4.03. The summed E-state index contributed by atoms with van der Waals surface area (Å²) in [4.78, 5) is 20.0. The van der Waals surface area contributed by atoms with Crippen LogP contribution in [0.3, 0.4) is 0 Å². The fraction of sp³-hybridized carbons (Fsp3) is 0.364. The molecule has 0 radical (unpaired) electrons. The highest BCUT2D eigenvalue weighted by atomic mass is 16.5. The number of rotatable bonds is 3. The van der Waals surface area contributed by atoms with Crippen LogP contribution < -0.4 is 4.90 Å². The molecule has 0 spiro atoms. The highest BCUT2D eigenvalue weighted by molar-refractivity contribution is 5.95. The van der Waals surface area contributed by atoms with Gasteiger partial charge in [-0.3, -0.25) is 4.79 Å². The smallest absolute Gasteiger partial charge is 0.246 e. The predicted octanol–water partition coefficient (Wildman–Crippen LogP) is 3.87. The van der Waals surface area contributed by atoms with Crippen molar-refractivity contribution in [1.29, 1.82) is 0 Å². The van der Waals surface area contributed by atoms with Gasteiger partial charge in [-0.1, -0.05) is 30.3 Å². The summed E-state index contributed by atoms with van der Waals surface area (Å²) in [5.74, 6) is 0.997. The highest BCUT2D eigenvalue weighted by Crippen LogP contribution is 2.32. The Kier molecular flexibility index (Phi) is 4.17. The van der Waals surface area contributed by atoms with Crippen LogP contribution in [0, 0.1) is 0 Å². The molecular weight excluding hydrogens is 338 g/mol. The zero-order valence-corrected chi connectivity index (χ0v) is 15.3. The van der Waals surface area contributed by atoms with Crippen molar-refractivity contribution in [2.45, 2.75) is 38.3 Å². The first-order valence-electron chi connectivity index (χ1n) is 9.76. The van der Waals surface area contributed by atoms with Crippen molar-refractivity contribution in [3.63, 3.8) is 0 Å². The average Bonchev–Trinajstić information content (AvgIpc) is 3.36. The van der Waals surface area contributed by atoms with Gasteiger partial charge in [0.15, 0.2) is 0 Å². The van der Waals surface area contributed by atoms with Crippen LogP contribution in [-0.4, -0.2) is 28.6 Å². The summed E-state index contributed by atoms with van der Waals surface area (Å²) in [7, 11) is 0. The molecule has 0 aliphatic carbocycles. The van der Waals surface area contributed by atoms with Crippen molar-refractivity contribution in [3.05, 3.63) is 59.9 Å². The molecule has 2 aliphatic heterocycles. The van der Waals surface area contributed by atoms with Crippen LogP contribution in [0.15, 0.2) is 48.5 Å². The van der Waals surface area contributed by atoms with Gasteiger partial charge in [-0.25, -0.2) is 4.98 Å². The molecule has 138 valence electrons. The van der Waals surface area contributed by atoms with Crippen molar-refractivity contribution in [2.75, 3.05) is 18.1 Å². The summed E-state index contributed by atoms with van der Waals surface area (Å²) in [6.45, 7) is 1.84. The Bertz CT molecular complexity index is 988. The van der Waals surface area contributed by atoms with E-state index in [-0.39, 0.29) is 12.0 Å². The SMILES string of the molecule is O=C(Cn1c(C2CCCO2)nc2ccccc21)N1CCCc2ccccc21. The normalized spacial score (nSPS) is 19.4. The van der Waals surface area contributed by atoms with E-state index in [0.29, 0.717) is 6.54 Å². The largest absolute Gasteiger partial charge is 0.370 e. The minimum atomic E-state index is -0.0150. The van der Waals surface area contributed by atoms with Crippen molar-refractivity contribution >= 4 is 22.6 Å². The predicted molar refractivity (Wildman–Crippen MR) is 105 cm³/mol. The molecule has 1 unspecified atom stereocenters. The van der Waals surface area contributed by atoms with Gasteiger partial charge < -0.3 is 14.2 Å². The summed E-state index contributed by atoms with van der Waals surface area (Å²) in [5.41, 5.74) is 4.24. The molecule has 1 fully saturated rings. The maximum atomic E-state index is 13.3. The average molecular weight is 361 g/mol. The number of hydrogen-bond donors (Lipinski definition) is 0. The van der Waals surface area contributed by atoms with E-state index in [1.54, 1.807) is 0 Å². The lowest BCUT2D eigenvalue weighted by Crippen LogP contribution is -2.38. The number of imidazole rings is 1. The maximum absolute atomic E-state index is 13.3. The Balaban J connectivity index is 1.51. The lowest BCUT2D eigenvalue weighted by molar-refractivity contribution is -0.119. The molecule has 3 heterocycles. The summed E-state index contributed by atoms with van der Waals surface area (Å²) < 4.78 is 7.94. The number of benzene rings is 2.